The summed E-state index contributed by atoms with van der Waals surface area (Å²) in [5, 5.41) is 5.02. The number of primary sulfonamides is 1. The Balaban J connectivity index is 2.40. The van der Waals surface area contributed by atoms with Crippen LogP contribution < -0.4 is 5.14 Å². The summed E-state index contributed by atoms with van der Waals surface area (Å²) < 4.78 is 49.4. The molecule has 1 aromatic rings. The highest BCUT2D eigenvalue weighted by Crippen LogP contribution is 2.29. The molecule has 0 bridgehead atoms. The number of nitrogens with two attached hydrogens (primary N) is 1. The third kappa shape index (κ3) is 3.28. The Hall–Kier alpha value is -0.960. The highest BCUT2D eigenvalue weighted by Gasteiger charge is 2.35. The molecular formula is C13H20N2O4S2. The number of hydrogen-bond acceptors (Lipinski definition) is 4. The van der Waals surface area contributed by atoms with Crippen molar-refractivity contribution in [3.05, 3.63) is 24.3 Å². The molecule has 6 nitrogen and oxygen atoms in total. The average molecular weight is 332 g/mol. The summed E-state index contributed by atoms with van der Waals surface area (Å²) in [6, 6.07) is 4.92. The number of piperidine rings is 1. The number of hydrogen-bond donors (Lipinski definition) is 1. The maximum absolute atomic E-state index is 12.7. The first-order valence-corrected chi connectivity index (χ1v) is 9.79. The van der Waals surface area contributed by atoms with Crippen LogP contribution in [0.1, 0.15) is 33.1 Å². The fourth-order valence-electron chi connectivity index (χ4n) is 2.79. The van der Waals surface area contributed by atoms with Gasteiger partial charge in [-0.3, -0.25) is 0 Å². The van der Waals surface area contributed by atoms with Crippen molar-refractivity contribution in [3.63, 3.8) is 0 Å². The van der Waals surface area contributed by atoms with Crippen LogP contribution in [0.2, 0.25) is 0 Å². The SMILES string of the molecule is C[C@H]1CCC[C@H](C)N1S(=O)(=O)c1ccc(S(N)(=O)=O)cc1. The van der Waals surface area contributed by atoms with E-state index >= 15 is 0 Å². The van der Waals surface area contributed by atoms with E-state index < -0.39 is 20.0 Å². The molecular weight excluding hydrogens is 312 g/mol. The van der Waals surface area contributed by atoms with Gasteiger partial charge in [-0.2, -0.15) is 4.31 Å². The molecule has 1 saturated heterocycles. The molecule has 1 aromatic carbocycles. The Kier molecular flexibility index (Phi) is 4.44. The van der Waals surface area contributed by atoms with Gasteiger partial charge in [-0.1, -0.05) is 6.42 Å². The molecule has 1 fully saturated rings. The molecule has 0 amide bonds. The molecule has 0 unspecified atom stereocenters. The molecule has 0 aliphatic carbocycles. The van der Waals surface area contributed by atoms with Crippen LogP contribution in [0.5, 0.6) is 0 Å². The first-order valence-electron chi connectivity index (χ1n) is 6.80. The van der Waals surface area contributed by atoms with Gasteiger partial charge >= 0.3 is 0 Å². The third-order valence-corrected chi connectivity index (χ3v) is 6.91. The van der Waals surface area contributed by atoms with Crippen molar-refractivity contribution in [2.75, 3.05) is 0 Å². The minimum absolute atomic E-state index is 0.0586. The van der Waals surface area contributed by atoms with Gasteiger partial charge < -0.3 is 0 Å². The van der Waals surface area contributed by atoms with Crippen LogP contribution in [0.25, 0.3) is 0 Å². The topological polar surface area (TPSA) is 97.5 Å². The first kappa shape index (κ1) is 16.4. The summed E-state index contributed by atoms with van der Waals surface area (Å²) in [5.74, 6) is 0. The van der Waals surface area contributed by atoms with Gasteiger partial charge in [0.1, 0.15) is 0 Å². The van der Waals surface area contributed by atoms with Gasteiger partial charge in [0.05, 0.1) is 9.79 Å². The summed E-state index contributed by atoms with van der Waals surface area (Å²) in [6.45, 7) is 3.79. The van der Waals surface area contributed by atoms with Gasteiger partial charge in [0.15, 0.2) is 0 Å². The number of nitrogens with zero attached hydrogens (tertiary/aromatic N) is 1. The Morgan fingerprint density at radius 2 is 1.38 bits per heavy atom. The van der Waals surface area contributed by atoms with Crippen LogP contribution in [0, 0.1) is 0 Å². The van der Waals surface area contributed by atoms with Gasteiger partial charge in [0.2, 0.25) is 20.0 Å². The van der Waals surface area contributed by atoms with Crippen LogP contribution in [-0.2, 0) is 20.0 Å². The minimum Gasteiger partial charge on any atom is -0.225 e. The van der Waals surface area contributed by atoms with Crippen molar-refractivity contribution in [2.24, 2.45) is 5.14 Å². The maximum atomic E-state index is 12.7. The summed E-state index contributed by atoms with van der Waals surface area (Å²) in [5.41, 5.74) is 0. The number of benzene rings is 1. The van der Waals surface area contributed by atoms with E-state index in [0.717, 1.165) is 19.3 Å². The maximum Gasteiger partial charge on any atom is 0.243 e. The zero-order valence-corrected chi connectivity index (χ0v) is 13.7. The van der Waals surface area contributed by atoms with E-state index in [1.807, 2.05) is 13.8 Å². The van der Waals surface area contributed by atoms with Crippen LogP contribution in [0.4, 0.5) is 0 Å². The minimum atomic E-state index is -3.82. The first-order chi connectivity index (χ1) is 9.64. The zero-order valence-electron chi connectivity index (χ0n) is 12.1. The Morgan fingerprint density at radius 3 is 1.81 bits per heavy atom. The van der Waals surface area contributed by atoms with Crippen molar-refractivity contribution in [3.8, 4) is 0 Å². The molecule has 0 radical (unpaired) electrons. The third-order valence-electron chi connectivity index (χ3n) is 3.84. The molecule has 2 rings (SSSR count). The molecule has 118 valence electrons. The molecule has 1 aliphatic rings. The zero-order chi connectivity index (χ0) is 15.8. The van der Waals surface area contributed by atoms with Gasteiger partial charge in [0.25, 0.3) is 0 Å². The van der Waals surface area contributed by atoms with E-state index in [0.29, 0.717) is 0 Å². The van der Waals surface area contributed by atoms with Crippen LogP contribution in [0.15, 0.2) is 34.1 Å². The quantitative estimate of drug-likeness (QED) is 0.901. The number of rotatable bonds is 3. The van der Waals surface area contributed by atoms with Gasteiger partial charge in [-0.25, -0.2) is 22.0 Å². The molecule has 0 spiro atoms. The molecule has 2 atom stereocenters. The lowest BCUT2D eigenvalue weighted by Gasteiger charge is -2.37. The van der Waals surface area contributed by atoms with Crippen LogP contribution in [0.3, 0.4) is 0 Å². The highest BCUT2D eigenvalue weighted by atomic mass is 32.2. The largest absolute Gasteiger partial charge is 0.243 e. The van der Waals surface area contributed by atoms with Gasteiger partial charge in [0, 0.05) is 12.1 Å². The lowest BCUT2D eigenvalue weighted by atomic mass is 10.0. The van der Waals surface area contributed by atoms with E-state index in [9.17, 15) is 16.8 Å². The predicted octanol–water partition coefficient (Wildman–Crippen LogP) is 1.29. The van der Waals surface area contributed by atoms with E-state index in [1.165, 1.54) is 28.6 Å². The van der Waals surface area contributed by atoms with Crippen molar-refractivity contribution in [1.82, 2.24) is 4.31 Å². The van der Waals surface area contributed by atoms with E-state index in [4.69, 9.17) is 5.14 Å². The van der Waals surface area contributed by atoms with Crippen LogP contribution >= 0.6 is 0 Å². The van der Waals surface area contributed by atoms with E-state index in [-0.39, 0.29) is 21.9 Å². The molecule has 8 heteroatoms. The van der Waals surface area contributed by atoms with Crippen LogP contribution in [-0.4, -0.2) is 33.2 Å². The van der Waals surface area contributed by atoms with Gasteiger partial charge in [-0.05, 0) is 51.0 Å². The van der Waals surface area contributed by atoms with Crippen molar-refractivity contribution >= 4 is 20.0 Å². The van der Waals surface area contributed by atoms with Crippen molar-refractivity contribution < 1.29 is 16.8 Å². The predicted molar refractivity (Wildman–Crippen MR) is 79.6 cm³/mol. The fraction of sp³-hybridized carbons (Fsp3) is 0.538. The molecule has 1 aliphatic heterocycles. The fourth-order valence-corrected chi connectivity index (χ4v) is 5.19. The van der Waals surface area contributed by atoms with E-state index in [2.05, 4.69) is 0 Å². The second kappa shape index (κ2) is 5.68. The Bertz CT molecular complexity index is 701. The molecule has 1 heterocycles. The molecule has 21 heavy (non-hydrogen) atoms. The molecule has 0 saturated carbocycles. The summed E-state index contributed by atoms with van der Waals surface area (Å²) in [6.07, 6.45) is 2.68. The van der Waals surface area contributed by atoms with E-state index in [1.54, 1.807) is 0 Å². The monoisotopic (exact) mass is 332 g/mol. The van der Waals surface area contributed by atoms with Crippen molar-refractivity contribution in [1.29, 1.82) is 0 Å². The molecule has 2 N–H and O–H groups in total. The van der Waals surface area contributed by atoms with Crippen molar-refractivity contribution in [2.45, 2.75) is 55.0 Å². The lowest BCUT2D eigenvalue weighted by molar-refractivity contribution is 0.204. The average Bonchev–Trinajstić information content (AvgIpc) is 2.37. The second-order valence-corrected chi connectivity index (χ2v) is 8.88. The smallest absolute Gasteiger partial charge is 0.225 e. The summed E-state index contributed by atoms with van der Waals surface area (Å²) in [4.78, 5) is -0.00306. The normalized spacial score (nSPS) is 24.9. The Morgan fingerprint density at radius 1 is 0.952 bits per heavy atom. The number of sulfonamides is 2. The Labute approximate surface area is 126 Å². The lowest BCUT2D eigenvalue weighted by Crippen LogP contribution is -2.47. The van der Waals surface area contributed by atoms with Gasteiger partial charge in [-0.15, -0.1) is 0 Å². The summed E-state index contributed by atoms with van der Waals surface area (Å²) >= 11 is 0. The summed E-state index contributed by atoms with van der Waals surface area (Å²) in [7, 11) is -7.44. The molecule has 0 aromatic heterocycles. The second-order valence-electron chi connectivity index (χ2n) is 5.48. The standard InChI is InChI=1S/C13H20N2O4S2/c1-10-4-3-5-11(2)15(10)21(18,19)13-8-6-12(7-9-13)20(14,16)17/h6-11H,3-5H2,1-2H3,(H2,14,16,17)/t10-,11-/m0/s1. The highest BCUT2D eigenvalue weighted by molar-refractivity contribution is 7.89.